The van der Waals surface area contributed by atoms with Crippen LogP contribution in [0.25, 0.3) is 0 Å². The van der Waals surface area contributed by atoms with Crippen molar-refractivity contribution in [1.29, 1.82) is 0 Å². The zero-order valence-corrected chi connectivity index (χ0v) is 17.9. The van der Waals surface area contributed by atoms with E-state index < -0.39 is 0 Å². The standard InChI is InChI=1S/C24H35N3O2/c1-3-5-15-27(16-6-4-2)20-21-10-7-12-23(18-21)29-17-9-14-26-24(28)22-11-8-13-25-19-22/h7-8,10-13,18-19H,3-6,9,14-17,20H2,1-2H3,(H,26,28). The van der Waals surface area contributed by atoms with Crippen LogP contribution in [0.5, 0.6) is 5.75 Å². The molecule has 0 fully saturated rings. The van der Waals surface area contributed by atoms with E-state index in [0.717, 1.165) is 31.8 Å². The van der Waals surface area contributed by atoms with Crippen molar-refractivity contribution in [2.75, 3.05) is 26.2 Å². The van der Waals surface area contributed by atoms with Gasteiger partial charge < -0.3 is 10.1 Å². The van der Waals surface area contributed by atoms with Crippen molar-refractivity contribution >= 4 is 5.91 Å². The van der Waals surface area contributed by atoms with E-state index in [1.165, 1.54) is 31.2 Å². The van der Waals surface area contributed by atoms with Gasteiger partial charge in [0.25, 0.3) is 5.91 Å². The van der Waals surface area contributed by atoms with Crippen LogP contribution in [-0.4, -0.2) is 42.0 Å². The first-order valence-electron chi connectivity index (χ1n) is 10.8. The highest BCUT2D eigenvalue weighted by Gasteiger charge is 2.07. The van der Waals surface area contributed by atoms with E-state index in [1.54, 1.807) is 24.5 Å². The van der Waals surface area contributed by atoms with Gasteiger partial charge in [0.05, 0.1) is 12.2 Å². The van der Waals surface area contributed by atoms with Crippen LogP contribution < -0.4 is 10.1 Å². The lowest BCUT2D eigenvalue weighted by molar-refractivity contribution is 0.0951. The lowest BCUT2D eigenvalue weighted by atomic mass is 10.1. The molecule has 0 atom stereocenters. The largest absolute Gasteiger partial charge is 0.494 e. The topological polar surface area (TPSA) is 54.5 Å². The molecule has 1 aromatic carbocycles. The maximum absolute atomic E-state index is 12.0. The third-order valence-corrected chi connectivity index (χ3v) is 4.76. The number of ether oxygens (including phenoxy) is 1. The normalized spacial score (nSPS) is 10.9. The molecular weight excluding hydrogens is 362 g/mol. The van der Waals surface area contributed by atoms with Gasteiger partial charge in [-0.25, -0.2) is 0 Å². The van der Waals surface area contributed by atoms with E-state index >= 15 is 0 Å². The molecule has 0 radical (unpaired) electrons. The second-order valence-electron chi connectivity index (χ2n) is 7.33. The van der Waals surface area contributed by atoms with Crippen LogP contribution in [0, 0.1) is 0 Å². The van der Waals surface area contributed by atoms with Crippen molar-refractivity contribution in [1.82, 2.24) is 15.2 Å². The van der Waals surface area contributed by atoms with Gasteiger partial charge in [0.1, 0.15) is 5.75 Å². The molecule has 2 aromatic rings. The number of carbonyl (C=O) groups is 1. The highest BCUT2D eigenvalue weighted by molar-refractivity contribution is 5.93. The number of carbonyl (C=O) groups excluding carboxylic acids is 1. The molecule has 1 aromatic heterocycles. The van der Waals surface area contributed by atoms with Crippen LogP contribution in [0.2, 0.25) is 0 Å². The first-order chi connectivity index (χ1) is 14.2. The number of nitrogens with one attached hydrogen (secondary N) is 1. The maximum atomic E-state index is 12.0. The van der Waals surface area contributed by atoms with Gasteiger partial charge in [-0.1, -0.05) is 38.8 Å². The molecule has 0 bridgehead atoms. The average molecular weight is 398 g/mol. The fourth-order valence-electron chi connectivity index (χ4n) is 3.09. The molecule has 5 nitrogen and oxygen atoms in total. The van der Waals surface area contributed by atoms with Gasteiger partial charge >= 0.3 is 0 Å². The van der Waals surface area contributed by atoms with E-state index in [0.29, 0.717) is 18.7 Å². The summed E-state index contributed by atoms with van der Waals surface area (Å²) in [5.74, 6) is 0.798. The number of unbranched alkanes of at least 4 members (excludes halogenated alkanes) is 2. The van der Waals surface area contributed by atoms with Gasteiger partial charge in [-0.05, 0) is 62.2 Å². The Kier molecular flexibility index (Phi) is 10.8. The Morgan fingerprint density at radius 1 is 1.07 bits per heavy atom. The van der Waals surface area contributed by atoms with Crippen molar-refractivity contribution in [2.45, 2.75) is 52.5 Å². The second kappa shape index (κ2) is 13.7. The monoisotopic (exact) mass is 397 g/mol. The fraction of sp³-hybridized carbons (Fsp3) is 0.500. The molecule has 1 heterocycles. The van der Waals surface area contributed by atoms with Crippen molar-refractivity contribution < 1.29 is 9.53 Å². The van der Waals surface area contributed by atoms with Gasteiger partial charge in [-0.15, -0.1) is 0 Å². The Balaban J connectivity index is 1.73. The van der Waals surface area contributed by atoms with Crippen LogP contribution in [-0.2, 0) is 6.54 Å². The van der Waals surface area contributed by atoms with Gasteiger partial charge in [0.15, 0.2) is 0 Å². The van der Waals surface area contributed by atoms with Gasteiger partial charge in [-0.2, -0.15) is 0 Å². The minimum absolute atomic E-state index is 0.0978. The van der Waals surface area contributed by atoms with Crippen molar-refractivity contribution in [3.8, 4) is 5.75 Å². The van der Waals surface area contributed by atoms with Crippen LogP contribution in [0.15, 0.2) is 48.8 Å². The quantitative estimate of drug-likeness (QED) is 0.470. The molecule has 0 saturated heterocycles. The zero-order chi connectivity index (χ0) is 20.7. The Morgan fingerprint density at radius 3 is 2.55 bits per heavy atom. The number of aromatic nitrogens is 1. The number of hydrogen-bond acceptors (Lipinski definition) is 4. The first kappa shape index (κ1) is 22.9. The molecule has 5 heteroatoms. The summed E-state index contributed by atoms with van der Waals surface area (Å²) in [5, 5.41) is 2.90. The number of nitrogens with zero attached hydrogens (tertiary/aromatic N) is 2. The Hall–Kier alpha value is -2.40. The third kappa shape index (κ3) is 9.09. The Labute approximate surface area is 175 Å². The number of pyridine rings is 1. The second-order valence-corrected chi connectivity index (χ2v) is 7.33. The maximum Gasteiger partial charge on any atom is 0.252 e. The molecule has 158 valence electrons. The highest BCUT2D eigenvalue weighted by Crippen LogP contribution is 2.16. The average Bonchev–Trinajstić information content (AvgIpc) is 2.76. The van der Waals surface area contributed by atoms with Crippen LogP contribution >= 0.6 is 0 Å². The summed E-state index contributed by atoms with van der Waals surface area (Å²) in [6, 6.07) is 11.9. The predicted molar refractivity (Wildman–Crippen MR) is 118 cm³/mol. The molecule has 0 saturated carbocycles. The van der Waals surface area contributed by atoms with Crippen LogP contribution in [0.3, 0.4) is 0 Å². The predicted octanol–water partition coefficient (Wildman–Crippen LogP) is 4.68. The number of rotatable bonds is 14. The van der Waals surface area contributed by atoms with E-state index in [2.05, 4.69) is 47.2 Å². The van der Waals surface area contributed by atoms with Crippen LogP contribution in [0.1, 0.15) is 61.9 Å². The lowest BCUT2D eigenvalue weighted by Crippen LogP contribution is -2.26. The highest BCUT2D eigenvalue weighted by atomic mass is 16.5. The van der Waals surface area contributed by atoms with Gasteiger partial charge in [-0.3, -0.25) is 14.7 Å². The summed E-state index contributed by atoms with van der Waals surface area (Å²) in [7, 11) is 0. The van der Waals surface area contributed by atoms with Gasteiger partial charge in [0.2, 0.25) is 0 Å². The Bertz CT molecular complexity index is 698. The zero-order valence-electron chi connectivity index (χ0n) is 17.9. The molecule has 0 unspecified atom stereocenters. The SMILES string of the molecule is CCCCN(CCCC)Cc1cccc(OCCCNC(=O)c2cccnc2)c1. The van der Waals surface area contributed by atoms with Crippen molar-refractivity contribution in [3.63, 3.8) is 0 Å². The molecule has 2 rings (SSSR count). The number of benzene rings is 1. The van der Waals surface area contributed by atoms with E-state index in [9.17, 15) is 4.79 Å². The summed E-state index contributed by atoms with van der Waals surface area (Å²) in [6.45, 7) is 8.91. The molecule has 0 aliphatic heterocycles. The van der Waals surface area contributed by atoms with Crippen molar-refractivity contribution in [3.05, 3.63) is 59.9 Å². The first-order valence-corrected chi connectivity index (χ1v) is 10.8. The molecule has 0 aliphatic carbocycles. The van der Waals surface area contributed by atoms with Crippen LogP contribution in [0.4, 0.5) is 0 Å². The smallest absolute Gasteiger partial charge is 0.252 e. The van der Waals surface area contributed by atoms with E-state index in [1.807, 2.05) is 6.07 Å². The number of amides is 1. The Morgan fingerprint density at radius 2 is 1.86 bits per heavy atom. The minimum atomic E-state index is -0.0978. The van der Waals surface area contributed by atoms with Gasteiger partial charge in [0, 0.05) is 25.5 Å². The molecular formula is C24H35N3O2. The summed E-state index contributed by atoms with van der Waals surface area (Å²) in [5.41, 5.74) is 1.87. The molecule has 29 heavy (non-hydrogen) atoms. The van der Waals surface area contributed by atoms with E-state index in [-0.39, 0.29) is 5.91 Å². The minimum Gasteiger partial charge on any atom is -0.494 e. The van der Waals surface area contributed by atoms with Crippen molar-refractivity contribution in [2.24, 2.45) is 0 Å². The summed E-state index contributed by atoms with van der Waals surface area (Å²) in [4.78, 5) is 18.5. The molecule has 0 spiro atoms. The lowest BCUT2D eigenvalue weighted by Gasteiger charge is -2.22. The van der Waals surface area contributed by atoms with E-state index in [4.69, 9.17) is 4.74 Å². The summed E-state index contributed by atoms with van der Waals surface area (Å²) >= 11 is 0. The molecule has 1 amide bonds. The molecule has 0 aliphatic rings. The third-order valence-electron chi connectivity index (χ3n) is 4.76. The summed E-state index contributed by atoms with van der Waals surface area (Å²) in [6.07, 6.45) is 8.92. The summed E-state index contributed by atoms with van der Waals surface area (Å²) < 4.78 is 5.90. The number of hydrogen-bond donors (Lipinski definition) is 1. The molecule has 1 N–H and O–H groups in total. The fourth-order valence-corrected chi connectivity index (χ4v) is 3.09.